The molecule has 0 saturated carbocycles. The summed E-state index contributed by atoms with van der Waals surface area (Å²) in [4.78, 5) is 16.6. The molecule has 1 N–H and O–H groups in total. The minimum Gasteiger partial charge on any atom is -0.345 e. The van der Waals surface area contributed by atoms with E-state index in [0.29, 0.717) is 11.9 Å². The van der Waals surface area contributed by atoms with Crippen LogP contribution in [-0.4, -0.2) is 29.7 Å². The van der Waals surface area contributed by atoms with Gasteiger partial charge in [-0.3, -0.25) is 0 Å². The summed E-state index contributed by atoms with van der Waals surface area (Å²) in [6, 6.07) is 1.77. The summed E-state index contributed by atoms with van der Waals surface area (Å²) in [5.74, 6) is 0.752. The van der Waals surface area contributed by atoms with Crippen LogP contribution in [0, 0.1) is 0 Å². The first kappa shape index (κ1) is 12.9. The van der Waals surface area contributed by atoms with Gasteiger partial charge in [-0.05, 0) is 24.6 Å². The van der Waals surface area contributed by atoms with Gasteiger partial charge in [-0.1, -0.05) is 0 Å². The van der Waals surface area contributed by atoms with Crippen LogP contribution >= 0.6 is 22.9 Å². The summed E-state index contributed by atoms with van der Waals surface area (Å²) in [6.45, 7) is 1.98. The van der Waals surface area contributed by atoms with Crippen LogP contribution in [0.4, 0.5) is 5.95 Å². The van der Waals surface area contributed by atoms with E-state index in [1.807, 2.05) is 12.3 Å². The van der Waals surface area contributed by atoms with Crippen molar-refractivity contribution in [2.45, 2.75) is 13.0 Å². The molecule has 20 heavy (non-hydrogen) atoms. The van der Waals surface area contributed by atoms with Crippen molar-refractivity contribution in [3.8, 4) is 5.95 Å². The molecule has 0 amide bonds. The molecule has 0 spiro atoms. The van der Waals surface area contributed by atoms with Gasteiger partial charge in [0.15, 0.2) is 0 Å². The van der Waals surface area contributed by atoms with Crippen molar-refractivity contribution < 1.29 is 0 Å². The van der Waals surface area contributed by atoms with Gasteiger partial charge in [-0.25, -0.2) is 9.67 Å². The number of nitrogens with zero attached hydrogens (tertiary/aromatic N) is 6. The number of anilines is 1. The Kier molecular flexibility index (Phi) is 3.57. The fourth-order valence-electron chi connectivity index (χ4n) is 1.60. The number of hydrogen-bond acceptors (Lipinski definition) is 7. The summed E-state index contributed by atoms with van der Waals surface area (Å²) in [5.41, 5.74) is 0. The largest absolute Gasteiger partial charge is 0.345 e. The Bertz CT molecular complexity index is 683. The molecule has 0 aliphatic heterocycles. The summed E-state index contributed by atoms with van der Waals surface area (Å²) in [6.07, 6.45) is 5.14. The fourth-order valence-corrected chi connectivity index (χ4v) is 2.40. The lowest BCUT2D eigenvalue weighted by atomic mass is 10.4. The number of halogens is 1. The summed E-state index contributed by atoms with van der Waals surface area (Å²) in [5, 5.41) is 10.2. The average molecular weight is 308 g/mol. The predicted molar refractivity (Wildman–Crippen MR) is 76.1 cm³/mol. The standard InChI is InChI=1S/C11H10ClN7S/c1-7(8-13-4-6-20-8)15-10-16-9(12)17-11(18-10)19-5-2-3-14-19/h2-7H,1H3,(H,15,16,17,18). The van der Waals surface area contributed by atoms with Crippen molar-refractivity contribution in [3.05, 3.63) is 40.3 Å². The van der Waals surface area contributed by atoms with Crippen LogP contribution in [0.1, 0.15) is 18.0 Å². The summed E-state index contributed by atoms with van der Waals surface area (Å²) >= 11 is 7.48. The number of aromatic nitrogens is 6. The van der Waals surface area contributed by atoms with Gasteiger partial charge in [0.2, 0.25) is 11.2 Å². The molecule has 0 aliphatic rings. The number of hydrogen-bond donors (Lipinski definition) is 1. The third-order valence-electron chi connectivity index (χ3n) is 2.47. The van der Waals surface area contributed by atoms with E-state index in [2.05, 4.69) is 30.4 Å². The SMILES string of the molecule is CC(Nc1nc(Cl)nc(-n2cccn2)n1)c1nccs1. The molecule has 3 rings (SSSR count). The Hall–Kier alpha value is -2.06. The van der Waals surface area contributed by atoms with Crippen LogP contribution in [-0.2, 0) is 0 Å². The van der Waals surface area contributed by atoms with Crippen LogP contribution in [0.5, 0.6) is 0 Å². The molecule has 0 aliphatic carbocycles. The van der Waals surface area contributed by atoms with Crippen LogP contribution in [0.15, 0.2) is 30.0 Å². The van der Waals surface area contributed by atoms with Gasteiger partial charge in [0.25, 0.3) is 5.95 Å². The van der Waals surface area contributed by atoms with Gasteiger partial charge >= 0.3 is 0 Å². The lowest BCUT2D eigenvalue weighted by Gasteiger charge is -2.11. The minimum absolute atomic E-state index is 0.0149. The Morgan fingerprint density at radius 1 is 1.30 bits per heavy atom. The molecule has 3 aromatic heterocycles. The predicted octanol–water partition coefficient (Wildman–Crippen LogP) is 2.34. The molecular weight excluding hydrogens is 298 g/mol. The molecule has 102 valence electrons. The second-order valence-corrected chi connectivity index (χ2v) is 5.18. The van der Waals surface area contributed by atoms with Crippen molar-refractivity contribution in [2.75, 3.05) is 5.32 Å². The third-order valence-corrected chi connectivity index (χ3v) is 3.60. The monoisotopic (exact) mass is 307 g/mol. The molecule has 0 aromatic carbocycles. The smallest absolute Gasteiger partial charge is 0.256 e. The maximum absolute atomic E-state index is 5.92. The zero-order valence-corrected chi connectivity index (χ0v) is 12.0. The van der Waals surface area contributed by atoms with Crippen LogP contribution < -0.4 is 5.32 Å². The van der Waals surface area contributed by atoms with Gasteiger partial charge in [0.05, 0.1) is 6.04 Å². The molecule has 0 bridgehead atoms. The van der Waals surface area contributed by atoms with E-state index in [1.54, 1.807) is 36.0 Å². The lowest BCUT2D eigenvalue weighted by Crippen LogP contribution is -2.12. The van der Waals surface area contributed by atoms with Crippen LogP contribution in [0.2, 0.25) is 5.28 Å². The highest BCUT2D eigenvalue weighted by molar-refractivity contribution is 7.09. The van der Waals surface area contributed by atoms with Gasteiger partial charge in [0, 0.05) is 24.0 Å². The van der Waals surface area contributed by atoms with Gasteiger partial charge in [-0.2, -0.15) is 20.1 Å². The van der Waals surface area contributed by atoms with E-state index < -0.39 is 0 Å². The average Bonchev–Trinajstić information content (AvgIpc) is 3.12. The van der Waals surface area contributed by atoms with Gasteiger partial charge < -0.3 is 5.32 Å². The number of rotatable bonds is 4. The first-order valence-corrected chi connectivity index (χ1v) is 7.05. The molecule has 1 atom stereocenters. The van der Waals surface area contributed by atoms with Crippen LogP contribution in [0.3, 0.4) is 0 Å². The second-order valence-electron chi connectivity index (χ2n) is 3.92. The van der Waals surface area contributed by atoms with E-state index in [9.17, 15) is 0 Å². The van der Waals surface area contributed by atoms with Crippen molar-refractivity contribution in [1.82, 2.24) is 29.7 Å². The van der Waals surface area contributed by atoms with E-state index in [0.717, 1.165) is 5.01 Å². The third kappa shape index (κ3) is 2.75. The van der Waals surface area contributed by atoms with Gasteiger partial charge in [-0.15, -0.1) is 11.3 Å². The topological polar surface area (TPSA) is 81.4 Å². The zero-order chi connectivity index (χ0) is 13.9. The summed E-state index contributed by atoms with van der Waals surface area (Å²) < 4.78 is 1.52. The summed E-state index contributed by atoms with van der Waals surface area (Å²) in [7, 11) is 0. The first-order valence-electron chi connectivity index (χ1n) is 5.80. The van der Waals surface area contributed by atoms with E-state index in [4.69, 9.17) is 11.6 Å². The second kappa shape index (κ2) is 5.51. The minimum atomic E-state index is -0.0149. The van der Waals surface area contributed by atoms with Crippen LogP contribution in [0.25, 0.3) is 5.95 Å². The van der Waals surface area contributed by atoms with E-state index in [-0.39, 0.29) is 11.3 Å². The molecule has 1 unspecified atom stereocenters. The van der Waals surface area contributed by atoms with Crippen molar-refractivity contribution in [2.24, 2.45) is 0 Å². The Balaban J connectivity index is 1.87. The molecule has 0 fully saturated rings. The highest BCUT2D eigenvalue weighted by atomic mass is 35.5. The zero-order valence-electron chi connectivity index (χ0n) is 10.4. The van der Waals surface area contributed by atoms with E-state index in [1.165, 1.54) is 4.68 Å². The Morgan fingerprint density at radius 3 is 2.90 bits per heavy atom. The number of nitrogens with one attached hydrogen (secondary N) is 1. The van der Waals surface area contributed by atoms with Crippen molar-refractivity contribution in [1.29, 1.82) is 0 Å². The normalized spacial score (nSPS) is 12.3. The van der Waals surface area contributed by atoms with Crippen molar-refractivity contribution >= 4 is 28.9 Å². The molecule has 0 radical (unpaired) electrons. The van der Waals surface area contributed by atoms with Gasteiger partial charge in [0.1, 0.15) is 5.01 Å². The van der Waals surface area contributed by atoms with Crippen molar-refractivity contribution in [3.63, 3.8) is 0 Å². The highest BCUT2D eigenvalue weighted by Crippen LogP contribution is 2.19. The lowest BCUT2D eigenvalue weighted by molar-refractivity contribution is 0.781. The molecule has 7 nitrogen and oxygen atoms in total. The fraction of sp³-hybridized carbons (Fsp3) is 0.182. The Labute approximate surface area is 123 Å². The maximum Gasteiger partial charge on any atom is 0.256 e. The quantitative estimate of drug-likeness (QED) is 0.796. The highest BCUT2D eigenvalue weighted by Gasteiger charge is 2.12. The number of thiazole rings is 1. The molecule has 0 saturated heterocycles. The Morgan fingerprint density at radius 2 is 2.20 bits per heavy atom. The maximum atomic E-state index is 5.92. The van der Waals surface area contributed by atoms with E-state index >= 15 is 0 Å². The molecular formula is C11H10ClN7S. The molecule has 9 heteroatoms. The molecule has 3 heterocycles. The first-order chi connectivity index (χ1) is 9.72. The molecule has 3 aromatic rings.